The normalized spacial score (nSPS) is 17.3. The summed E-state index contributed by atoms with van der Waals surface area (Å²) in [6.45, 7) is 5.74. The van der Waals surface area contributed by atoms with E-state index in [0.29, 0.717) is 5.96 Å². The predicted octanol–water partition coefficient (Wildman–Crippen LogP) is 1.82. The number of hydrogen-bond acceptors (Lipinski definition) is 5. The zero-order valence-corrected chi connectivity index (χ0v) is 18.9. The van der Waals surface area contributed by atoms with Gasteiger partial charge in [-0.3, -0.25) is 4.99 Å². The Labute approximate surface area is 182 Å². The number of methoxy groups -OCH3 is 1. The van der Waals surface area contributed by atoms with Gasteiger partial charge in [0.2, 0.25) is 0 Å². The Morgan fingerprint density at radius 3 is 2.82 bits per heavy atom. The van der Waals surface area contributed by atoms with Crippen LogP contribution in [0.4, 0.5) is 0 Å². The molecule has 0 spiro atoms. The smallest absolute Gasteiger partial charge is 0.191 e. The maximum absolute atomic E-state index is 10.4. The zero-order valence-electron chi connectivity index (χ0n) is 16.6. The molecule has 1 aromatic heterocycles. The van der Waals surface area contributed by atoms with Crippen molar-refractivity contribution in [1.82, 2.24) is 25.4 Å². The highest BCUT2D eigenvalue weighted by atomic mass is 127. The summed E-state index contributed by atoms with van der Waals surface area (Å²) in [6.07, 6.45) is 1.21. The highest BCUT2D eigenvalue weighted by molar-refractivity contribution is 14.0. The number of fused-ring (bicyclic) bond motifs is 1. The number of aliphatic hydroxyl groups excluding tert-OH is 1. The van der Waals surface area contributed by atoms with Crippen LogP contribution < -0.4 is 15.4 Å². The second-order valence-corrected chi connectivity index (χ2v) is 6.65. The molecule has 0 amide bonds. The molecule has 2 heterocycles. The number of halogens is 1. The van der Waals surface area contributed by atoms with Crippen LogP contribution in [0.5, 0.6) is 5.75 Å². The van der Waals surface area contributed by atoms with Crippen LogP contribution in [0.25, 0.3) is 0 Å². The van der Waals surface area contributed by atoms with Gasteiger partial charge in [0.05, 0.1) is 26.3 Å². The minimum Gasteiger partial charge on any atom is -0.497 e. The molecule has 28 heavy (non-hydrogen) atoms. The first-order valence-electron chi connectivity index (χ1n) is 9.36. The molecule has 1 aliphatic rings. The SMILES string of the molecule is CCNC(=NCC(O)c1ccc(OC)cc1)NC1CCc2nc(C)nn2C1.I. The van der Waals surface area contributed by atoms with Gasteiger partial charge in [0.25, 0.3) is 0 Å². The Bertz CT molecular complexity index is 777. The molecule has 0 bridgehead atoms. The molecule has 0 radical (unpaired) electrons. The van der Waals surface area contributed by atoms with Crippen LogP contribution in [0.1, 0.15) is 36.7 Å². The van der Waals surface area contributed by atoms with Crippen LogP contribution in [0.2, 0.25) is 0 Å². The van der Waals surface area contributed by atoms with Crippen LogP contribution in [-0.2, 0) is 13.0 Å². The first kappa shape index (κ1) is 22.4. The molecule has 154 valence electrons. The molecule has 3 rings (SSSR count). The number of aliphatic hydroxyl groups is 1. The lowest BCUT2D eigenvalue weighted by Crippen LogP contribution is -2.47. The molecule has 2 aromatic rings. The summed E-state index contributed by atoms with van der Waals surface area (Å²) in [7, 11) is 1.62. The molecule has 0 aliphatic carbocycles. The van der Waals surface area contributed by atoms with Crippen molar-refractivity contribution in [2.75, 3.05) is 20.2 Å². The van der Waals surface area contributed by atoms with Crippen molar-refractivity contribution in [3.05, 3.63) is 41.5 Å². The Hall–Kier alpha value is -1.88. The number of aromatic nitrogens is 3. The third-order valence-electron chi connectivity index (χ3n) is 4.57. The lowest BCUT2D eigenvalue weighted by Gasteiger charge is -2.25. The first-order chi connectivity index (χ1) is 13.1. The number of rotatable bonds is 6. The van der Waals surface area contributed by atoms with Gasteiger partial charge in [0, 0.05) is 19.0 Å². The fourth-order valence-corrected chi connectivity index (χ4v) is 3.17. The third-order valence-corrected chi connectivity index (χ3v) is 4.57. The van der Waals surface area contributed by atoms with E-state index in [1.54, 1.807) is 7.11 Å². The van der Waals surface area contributed by atoms with Crippen LogP contribution in [0, 0.1) is 6.92 Å². The maximum Gasteiger partial charge on any atom is 0.191 e. The highest BCUT2D eigenvalue weighted by Gasteiger charge is 2.21. The summed E-state index contributed by atoms with van der Waals surface area (Å²) in [5.41, 5.74) is 0.816. The quantitative estimate of drug-likeness (QED) is 0.318. The lowest BCUT2D eigenvalue weighted by atomic mass is 10.1. The van der Waals surface area contributed by atoms with Gasteiger partial charge in [-0.05, 0) is 38.0 Å². The molecule has 2 atom stereocenters. The van der Waals surface area contributed by atoms with Crippen molar-refractivity contribution >= 4 is 29.9 Å². The van der Waals surface area contributed by atoms with Crippen LogP contribution >= 0.6 is 24.0 Å². The summed E-state index contributed by atoms with van der Waals surface area (Å²) < 4.78 is 7.11. The van der Waals surface area contributed by atoms with E-state index >= 15 is 0 Å². The minimum atomic E-state index is -0.665. The number of aliphatic imine (C=N–C) groups is 1. The predicted molar refractivity (Wildman–Crippen MR) is 119 cm³/mol. The van der Waals surface area contributed by atoms with Crippen molar-refractivity contribution in [3.63, 3.8) is 0 Å². The maximum atomic E-state index is 10.4. The van der Waals surface area contributed by atoms with E-state index in [1.165, 1.54) is 0 Å². The average Bonchev–Trinajstić information content (AvgIpc) is 3.05. The largest absolute Gasteiger partial charge is 0.497 e. The number of nitrogens with zero attached hydrogens (tertiary/aromatic N) is 4. The van der Waals surface area contributed by atoms with E-state index in [0.717, 1.165) is 48.9 Å². The van der Waals surface area contributed by atoms with Crippen LogP contribution in [0.15, 0.2) is 29.3 Å². The number of benzene rings is 1. The highest BCUT2D eigenvalue weighted by Crippen LogP contribution is 2.18. The van der Waals surface area contributed by atoms with Crippen molar-refractivity contribution < 1.29 is 9.84 Å². The second-order valence-electron chi connectivity index (χ2n) is 6.65. The molecule has 0 saturated carbocycles. The van der Waals surface area contributed by atoms with Gasteiger partial charge in [-0.1, -0.05) is 12.1 Å². The molecule has 0 saturated heterocycles. The minimum absolute atomic E-state index is 0. The van der Waals surface area contributed by atoms with Crippen LogP contribution in [0.3, 0.4) is 0 Å². The van der Waals surface area contributed by atoms with E-state index in [-0.39, 0.29) is 36.6 Å². The van der Waals surface area contributed by atoms with Crippen molar-refractivity contribution in [2.45, 2.75) is 45.4 Å². The molecule has 1 aliphatic heterocycles. The summed E-state index contributed by atoms with van der Waals surface area (Å²) in [4.78, 5) is 9.00. The Balaban J connectivity index is 0.00000280. The Morgan fingerprint density at radius 2 is 2.14 bits per heavy atom. The second kappa shape index (κ2) is 10.6. The number of nitrogens with one attached hydrogen (secondary N) is 2. The molecular weight excluding hydrogens is 471 g/mol. The van der Waals surface area contributed by atoms with Crippen molar-refractivity contribution in [2.24, 2.45) is 4.99 Å². The molecule has 2 unspecified atom stereocenters. The van der Waals surface area contributed by atoms with Crippen molar-refractivity contribution in [1.29, 1.82) is 0 Å². The molecule has 3 N–H and O–H groups in total. The molecule has 9 heteroatoms. The molecule has 1 aromatic carbocycles. The molecule has 8 nitrogen and oxygen atoms in total. The summed E-state index contributed by atoms with van der Waals surface area (Å²) in [5.74, 6) is 3.33. The number of guanidine groups is 1. The first-order valence-corrected chi connectivity index (χ1v) is 9.36. The Kier molecular flexibility index (Phi) is 8.49. The molecule has 0 fully saturated rings. The van der Waals surface area contributed by atoms with Crippen molar-refractivity contribution in [3.8, 4) is 5.75 Å². The number of ether oxygens (including phenoxy) is 1. The van der Waals surface area contributed by atoms with Gasteiger partial charge < -0.3 is 20.5 Å². The number of hydrogen-bond donors (Lipinski definition) is 3. The summed E-state index contributed by atoms with van der Waals surface area (Å²) in [5, 5.41) is 21.5. The fourth-order valence-electron chi connectivity index (χ4n) is 3.17. The van der Waals surface area contributed by atoms with Gasteiger partial charge in [-0.2, -0.15) is 5.10 Å². The third kappa shape index (κ3) is 5.81. The Morgan fingerprint density at radius 1 is 1.39 bits per heavy atom. The van der Waals surface area contributed by atoms with E-state index in [2.05, 4.69) is 25.7 Å². The lowest BCUT2D eigenvalue weighted by molar-refractivity contribution is 0.187. The van der Waals surface area contributed by atoms with E-state index in [4.69, 9.17) is 4.74 Å². The summed E-state index contributed by atoms with van der Waals surface area (Å²) >= 11 is 0. The van der Waals surface area contributed by atoms with Gasteiger partial charge >= 0.3 is 0 Å². The fraction of sp³-hybridized carbons (Fsp3) is 0.526. The van der Waals surface area contributed by atoms with Gasteiger partial charge in [-0.25, -0.2) is 9.67 Å². The van der Waals surface area contributed by atoms with Gasteiger partial charge in [0.15, 0.2) is 5.96 Å². The topological polar surface area (TPSA) is 96.6 Å². The average molecular weight is 500 g/mol. The zero-order chi connectivity index (χ0) is 19.2. The van der Waals surface area contributed by atoms with E-state index < -0.39 is 6.10 Å². The summed E-state index contributed by atoms with van der Waals surface area (Å²) in [6, 6.07) is 7.62. The number of aryl methyl sites for hydroxylation is 2. The van der Waals surface area contributed by atoms with Gasteiger partial charge in [0.1, 0.15) is 17.4 Å². The van der Waals surface area contributed by atoms with Gasteiger partial charge in [-0.15, -0.1) is 24.0 Å². The van der Waals surface area contributed by atoms with E-state index in [9.17, 15) is 5.11 Å². The van der Waals surface area contributed by atoms with Crippen LogP contribution in [-0.4, -0.2) is 52.1 Å². The standard InChI is InChI=1S/C19H28N6O2.HI/c1-4-20-19(21-11-17(26)14-5-8-16(27-3)9-6-14)23-15-7-10-18-22-13(2)24-25(18)12-15;/h5-6,8-9,15,17,26H,4,7,10-12H2,1-3H3,(H2,20,21,23);1H. The van der Waals surface area contributed by atoms with E-state index in [1.807, 2.05) is 42.8 Å². The molecular formula is C19H29IN6O2. The monoisotopic (exact) mass is 500 g/mol.